The Labute approximate surface area is 94.5 Å². The summed E-state index contributed by atoms with van der Waals surface area (Å²) in [6, 6.07) is 0.421. The number of benzene rings is 1. The molecular formula is C10H9F2NO4. The van der Waals surface area contributed by atoms with E-state index in [9.17, 15) is 18.4 Å². The van der Waals surface area contributed by atoms with Gasteiger partial charge in [-0.15, -0.1) is 0 Å². The summed E-state index contributed by atoms with van der Waals surface area (Å²) >= 11 is 0. The van der Waals surface area contributed by atoms with E-state index in [4.69, 9.17) is 15.9 Å². The van der Waals surface area contributed by atoms with Gasteiger partial charge in [-0.05, 0) is 17.7 Å². The van der Waals surface area contributed by atoms with Gasteiger partial charge in [0.15, 0.2) is 11.6 Å². The molecule has 92 valence electrons. The molecule has 1 atom stereocenters. The molecule has 0 saturated heterocycles. The standard InChI is InChI=1S/C10H9F2NO4/c11-6-2-4(7(13)3-8(14)15)1-5(9(6)12)10(16)17/h1-2,7H,3,13H2,(H,14,15)(H,16,17). The number of carboxylic acid groups (broad SMARTS) is 2. The van der Waals surface area contributed by atoms with Crippen LogP contribution in [0.5, 0.6) is 0 Å². The fraction of sp³-hybridized carbons (Fsp3) is 0.200. The Morgan fingerprint density at radius 2 is 1.88 bits per heavy atom. The molecule has 0 amide bonds. The molecule has 1 rings (SSSR count). The van der Waals surface area contributed by atoms with Crippen molar-refractivity contribution >= 4 is 11.9 Å². The molecule has 0 heterocycles. The molecule has 0 saturated carbocycles. The van der Waals surface area contributed by atoms with E-state index in [1.807, 2.05) is 0 Å². The van der Waals surface area contributed by atoms with Crippen LogP contribution in [-0.4, -0.2) is 22.2 Å². The molecule has 0 aliphatic rings. The molecule has 0 aliphatic carbocycles. The lowest BCUT2D eigenvalue weighted by Gasteiger charge is -2.11. The first-order chi connectivity index (χ1) is 7.82. The van der Waals surface area contributed by atoms with Gasteiger partial charge in [0.1, 0.15) is 0 Å². The average Bonchev–Trinajstić information content (AvgIpc) is 2.20. The minimum Gasteiger partial charge on any atom is -0.481 e. The van der Waals surface area contributed by atoms with Crippen LogP contribution in [0.15, 0.2) is 12.1 Å². The Balaban J connectivity index is 3.18. The molecule has 1 aromatic carbocycles. The van der Waals surface area contributed by atoms with Gasteiger partial charge in [0.25, 0.3) is 0 Å². The fourth-order valence-corrected chi connectivity index (χ4v) is 1.29. The highest BCUT2D eigenvalue weighted by Crippen LogP contribution is 2.21. The number of aromatic carboxylic acids is 1. The summed E-state index contributed by atoms with van der Waals surface area (Å²) in [5, 5.41) is 17.1. The van der Waals surface area contributed by atoms with Crippen LogP contribution in [0.25, 0.3) is 0 Å². The van der Waals surface area contributed by atoms with Crippen molar-refractivity contribution in [2.24, 2.45) is 5.73 Å². The van der Waals surface area contributed by atoms with Gasteiger partial charge in [0.2, 0.25) is 0 Å². The normalized spacial score (nSPS) is 12.2. The first-order valence-corrected chi connectivity index (χ1v) is 4.52. The second-order valence-electron chi connectivity index (χ2n) is 3.37. The van der Waals surface area contributed by atoms with Crippen molar-refractivity contribution in [2.45, 2.75) is 12.5 Å². The quantitative estimate of drug-likeness (QED) is 0.738. The van der Waals surface area contributed by atoms with Gasteiger partial charge < -0.3 is 15.9 Å². The maximum atomic E-state index is 13.1. The van der Waals surface area contributed by atoms with Gasteiger partial charge in [-0.2, -0.15) is 0 Å². The monoisotopic (exact) mass is 245 g/mol. The van der Waals surface area contributed by atoms with Crippen LogP contribution in [0.3, 0.4) is 0 Å². The molecule has 0 radical (unpaired) electrons. The summed E-state index contributed by atoms with van der Waals surface area (Å²) in [7, 11) is 0. The average molecular weight is 245 g/mol. The third-order valence-corrected chi connectivity index (χ3v) is 2.10. The summed E-state index contributed by atoms with van der Waals surface area (Å²) in [6.45, 7) is 0. The van der Waals surface area contributed by atoms with Gasteiger partial charge in [-0.1, -0.05) is 0 Å². The smallest absolute Gasteiger partial charge is 0.338 e. The van der Waals surface area contributed by atoms with Crippen molar-refractivity contribution in [2.75, 3.05) is 0 Å². The molecule has 17 heavy (non-hydrogen) atoms. The van der Waals surface area contributed by atoms with Gasteiger partial charge >= 0.3 is 11.9 Å². The molecule has 0 bridgehead atoms. The second kappa shape index (κ2) is 4.88. The highest BCUT2D eigenvalue weighted by Gasteiger charge is 2.20. The summed E-state index contributed by atoms with van der Waals surface area (Å²) in [4.78, 5) is 21.0. The molecule has 1 aromatic rings. The number of hydrogen-bond acceptors (Lipinski definition) is 3. The summed E-state index contributed by atoms with van der Waals surface area (Å²) in [6.07, 6.45) is -0.510. The van der Waals surface area contributed by atoms with E-state index in [0.717, 1.165) is 6.07 Å². The van der Waals surface area contributed by atoms with Crippen LogP contribution in [0.4, 0.5) is 8.78 Å². The lowest BCUT2D eigenvalue weighted by molar-refractivity contribution is -0.137. The molecule has 1 unspecified atom stereocenters. The van der Waals surface area contributed by atoms with Crippen LogP contribution in [0.1, 0.15) is 28.4 Å². The Morgan fingerprint density at radius 1 is 1.29 bits per heavy atom. The minimum absolute atomic E-state index is 0.0799. The number of nitrogens with two attached hydrogens (primary N) is 1. The predicted molar refractivity (Wildman–Crippen MR) is 52.5 cm³/mol. The molecule has 4 N–H and O–H groups in total. The Kier molecular flexibility index (Phi) is 3.74. The highest BCUT2D eigenvalue weighted by molar-refractivity contribution is 5.88. The first kappa shape index (κ1) is 13.0. The highest BCUT2D eigenvalue weighted by atomic mass is 19.2. The van der Waals surface area contributed by atoms with E-state index in [2.05, 4.69) is 0 Å². The number of carboxylic acids is 2. The Bertz CT molecular complexity index is 476. The van der Waals surface area contributed by atoms with Crippen molar-refractivity contribution < 1.29 is 28.6 Å². The third kappa shape index (κ3) is 2.97. The topological polar surface area (TPSA) is 101 Å². The van der Waals surface area contributed by atoms with Crippen molar-refractivity contribution in [3.05, 3.63) is 34.9 Å². The zero-order valence-corrected chi connectivity index (χ0v) is 8.48. The van der Waals surface area contributed by atoms with Crippen molar-refractivity contribution in [3.8, 4) is 0 Å². The SMILES string of the molecule is NC(CC(=O)O)c1cc(F)c(F)c(C(=O)O)c1. The molecule has 0 aliphatic heterocycles. The van der Waals surface area contributed by atoms with E-state index in [0.29, 0.717) is 6.07 Å². The maximum absolute atomic E-state index is 13.1. The molecular weight excluding hydrogens is 236 g/mol. The van der Waals surface area contributed by atoms with Crippen LogP contribution >= 0.6 is 0 Å². The zero-order valence-electron chi connectivity index (χ0n) is 8.48. The Hall–Kier alpha value is -2.02. The van der Waals surface area contributed by atoms with E-state index in [1.165, 1.54) is 0 Å². The van der Waals surface area contributed by atoms with Crippen LogP contribution < -0.4 is 5.73 Å². The van der Waals surface area contributed by atoms with Gasteiger partial charge in [-0.3, -0.25) is 4.79 Å². The van der Waals surface area contributed by atoms with Gasteiger partial charge in [-0.25, -0.2) is 13.6 Å². The lowest BCUT2D eigenvalue weighted by Crippen LogP contribution is -2.16. The van der Waals surface area contributed by atoms with Crippen LogP contribution in [-0.2, 0) is 4.79 Å². The van der Waals surface area contributed by atoms with Crippen molar-refractivity contribution in [1.82, 2.24) is 0 Å². The fourth-order valence-electron chi connectivity index (χ4n) is 1.29. The first-order valence-electron chi connectivity index (χ1n) is 4.52. The minimum atomic E-state index is -1.65. The van der Waals surface area contributed by atoms with Gasteiger partial charge in [0, 0.05) is 6.04 Å². The van der Waals surface area contributed by atoms with Crippen LogP contribution in [0.2, 0.25) is 0 Å². The third-order valence-electron chi connectivity index (χ3n) is 2.10. The molecule has 0 aromatic heterocycles. The summed E-state index contributed by atoms with van der Waals surface area (Å²) in [5.74, 6) is -5.74. The zero-order chi connectivity index (χ0) is 13.2. The van der Waals surface area contributed by atoms with Crippen molar-refractivity contribution in [3.63, 3.8) is 0 Å². The predicted octanol–water partition coefficient (Wildman–Crippen LogP) is 1.14. The lowest BCUT2D eigenvalue weighted by atomic mass is 10.0. The van der Waals surface area contributed by atoms with E-state index >= 15 is 0 Å². The number of aliphatic carboxylic acids is 1. The molecule has 0 fully saturated rings. The summed E-state index contributed by atoms with van der Waals surface area (Å²) < 4.78 is 26.1. The van der Waals surface area contributed by atoms with Gasteiger partial charge in [0.05, 0.1) is 12.0 Å². The maximum Gasteiger partial charge on any atom is 0.338 e. The number of hydrogen-bond donors (Lipinski definition) is 3. The molecule has 0 spiro atoms. The number of halogens is 2. The van der Waals surface area contributed by atoms with Crippen molar-refractivity contribution in [1.29, 1.82) is 0 Å². The Morgan fingerprint density at radius 3 is 2.35 bits per heavy atom. The van der Waals surface area contributed by atoms with E-state index < -0.39 is 41.6 Å². The van der Waals surface area contributed by atoms with Crippen LogP contribution in [0, 0.1) is 11.6 Å². The second-order valence-corrected chi connectivity index (χ2v) is 3.37. The number of carbonyl (C=O) groups is 2. The summed E-state index contributed by atoms with van der Waals surface area (Å²) in [5.41, 5.74) is 4.47. The van der Waals surface area contributed by atoms with E-state index in [1.54, 1.807) is 0 Å². The largest absolute Gasteiger partial charge is 0.481 e. The van der Waals surface area contributed by atoms with E-state index in [-0.39, 0.29) is 5.56 Å². The number of rotatable bonds is 4. The molecule has 5 nitrogen and oxygen atoms in total. The molecule has 7 heteroatoms.